The van der Waals surface area contributed by atoms with Crippen molar-refractivity contribution in [1.29, 1.82) is 0 Å². The molecule has 0 spiro atoms. The number of ether oxygens (including phenoxy) is 1. The number of aliphatic carboxylic acids is 1. The first kappa shape index (κ1) is 25.7. The van der Waals surface area contributed by atoms with Crippen LogP contribution in [0, 0.1) is 0 Å². The fourth-order valence-electron chi connectivity index (χ4n) is 1.74. The Balaban J connectivity index is 0.000000284. The van der Waals surface area contributed by atoms with Crippen molar-refractivity contribution in [2.24, 2.45) is 0 Å². The molecule has 7 nitrogen and oxygen atoms in total. The second-order valence-corrected chi connectivity index (χ2v) is 11.2. The van der Waals surface area contributed by atoms with Crippen LogP contribution in [-0.2, 0) is 22.9 Å². The first-order chi connectivity index (χ1) is 13.0. The van der Waals surface area contributed by atoms with Gasteiger partial charge in [-0.2, -0.15) is 0 Å². The van der Waals surface area contributed by atoms with Gasteiger partial charge in [-0.25, -0.2) is 9.36 Å². The van der Waals surface area contributed by atoms with E-state index in [0.29, 0.717) is 5.75 Å². The van der Waals surface area contributed by atoms with Crippen LogP contribution in [0.4, 0.5) is 0 Å². The number of hydrogen-bond acceptors (Lipinski definition) is 6. The second-order valence-electron chi connectivity index (χ2n) is 4.97. The highest BCUT2D eigenvalue weighted by Gasteiger charge is 2.38. The van der Waals surface area contributed by atoms with Crippen molar-refractivity contribution in [2.45, 2.75) is 8.26 Å². The number of fused-ring (bicyclic) bond motifs is 1. The van der Waals surface area contributed by atoms with Crippen molar-refractivity contribution in [3.63, 3.8) is 0 Å². The van der Waals surface area contributed by atoms with Gasteiger partial charge in [0.05, 0.1) is 0 Å². The number of rotatable bonds is 8. The molecule has 0 radical (unpaired) electrons. The fraction of sp³-hybridized carbons (Fsp3) is 0.312. The Bertz CT molecular complexity index is 824. The SMILES string of the molecule is COP(=O)(OC)OC(Br)C(Cl)(Cl)Br.O=C(O)COc1ccc2ccccc2c1. The van der Waals surface area contributed by atoms with Gasteiger partial charge in [0.2, 0.25) is 3.24 Å². The highest BCUT2D eigenvalue weighted by atomic mass is 79.9. The third-order valence-electron chi connectivity index (χ3n) is 3.01. The number of carbonyl (C=O) groups is 1. The molecule has 0 fully saturated rings. The Morgan fingerprint density at radius 1 is 1.18 bits per heavy atom. The summed E-state index contributed by atoms with van der Waals surface area (Å²) in [6.07, 6.45) is 0. The fourth-order valence-corrected chi connectivity index (χ4v) is 3.51. The van der Waals surface area contributed by atoms with Gasteiger partial charge in [0.25, 0.3) is 0 Å². The standard InChI is InChI=1S/C12H10O3.C4H7Br2Cl2O4P/c13-12(14)8-15-11-6-5-9-3-1-2-4-10(9)7-11;1-10-13(9,11-2)12-3(5)4(6,7)8/h1-7H,8H2,(H,13,14);3H,1-2H3. The van der Waals surface area contributed by atoms with E-state index in [9.17, 15) is 9.36 Å². The minimum atomic E-state index is -3.58. The van der Waals surface area contributed by atoms with Gasteiger partial charge in [-0.3, -0.25) is 13.6 Å². The van der Waals surface area contributed by atoms with Crippen LogP contribution in [-0.4, -0.2) is 40.2 Å². The van der Waals surface area contributed by atoms with E-state index in [0.717, 1.165) is 10.8 Å². The predicted molar refractivity (Wildman–Crippen MR) is 116 cm³/mol. The molecule has 2 aromatic rings. The number of carboxylic acids is 1. The van der Waals surface area contributed by atoms with Crippen LogP contribution in [0.2, 0.25) is 0 Å². The second kappa shape index (κ2) is 11.7. The molecule has 0 aliphatic carbocycles. The lowest BCUT2D eigenvalue weighted by molar-refractivity contribution is -0.139. The van der Waals surface area contributed by atoms with E-state index >= 15 is 0 Å². The number of benzene rings is 2. The summed E-state index contributed by atoms with van der Waals surface area (Å²) in [4.78, 5) is 10.3. The summed E-state index contributed by atoms with van der Waals surface area (Å²) in [7, 11) is -1.21. The number of hydrogen-bond donors (Lipinski definition) is 1. The van der Waals surface area contributed by atoms with E-state index in [-0.39, 0.29) is 6.61 Å². The largest absolute Gasteiger partial charge is 0.482 e. The summed E-state index contributed by atoms with van der Waals surface area (Å²) in [6.45, 7) is -0.307. The minimum absolute atomic E-state index is 0.307. The first-order valence-electron chi connectivity index (χ1n) is 7.45. The summed E-state index contributed by atoms with van der Waals surface area (Å²) < 4.78 is 28.8. The van der Waals surface area contributed by atoms with Crippen LogP contribution in [0.15, 0.2) is 42.5 Å². The van der Waals surface area contributed by atoms with E-state index in [2.05, 4.69) is 40.9 Å². The lowest BCUT2D eigenvalue weighted by Gasteiger charge is -2.22. The lowest BCUT2D eigenvalue weighted by atomic mass is 10.1. The van der Waals surface area contributed by atoms with Gasteiger partial charge < -0.3 is 9.84 Å². The Hall–Kier alpha value is -0.380. The first-order valence-corrected chi connectivity index (χ1v) is 11.4. The number of phosphoric ester groups is 1. The smallest absolute Gasteiger partial charge is 0.475 e. The van der Waals surface area contributed by atoms with Gasteiger partial charge in [-0.15, -0.1) is 0 Å². The van der Waals surface area contributed by atoms with Gasteiger partial charge in [-0.1, -0.05) is 69.5 Å². The van der Waals surface area contributed by atoms with E-state index in [1.54, 1.807) is 6.07 Å². The van der Waals surface area contributed by atoms with Gasteiger partial charge >= 0.3 is 13.8 Å². The predicted octanol–water partition coefficient (Wildman–Crippen LogP) is 5.95. The van der Waals surface area contributed by atoms with Crippen molar-refractivity contribution < 1.29 is 32.8 Å². The Morgan fingerprint density at radius 3 is 2.25 bits per heavy atom. The summed E-state index contributed by atoms with van der Waals surface area (Å²) in [6, 6.07) is 13.4. The van der Waals surface area contributed by atoms with Gasteiger partial charge in [0.1, 0.15) is 5.75 Å². The molecule has 0 aliphatic heterocycles. The summed E-state index contributed by atoms with van der Waals surface area (Å²) in [5.41, 5.74) is 0. The highest BCUT2D eigenvalue weighted by molar-refractivity contribution is 9.13. The molecule has 1 atom stereocenters. The molecule has 12 heteroatoms. The van der Waals surface area contributed by atoms with Crippen LogP contribution in [0.5, 0.6) is 5.75 Å². The monoisotopic (exact) mass is 580 g/mol. The minimum Gasteiger partial charge on any atom is -0.482 e. The molecule has 28 heavy (non-hydrogen) atoms. The zero-order chi connectivity index (χ0) is 21.4. The van der Waals surface area contributed by atoms with E-state index in [1.807, 2.05) is 36.4 Å². The number of halogens is 4. The van der Waals surface area contributed by atoms with Gasteiger partial charge in [-0.05, 0) is 38.8 Å². The van der Waals surface area contributed by atoms with Crippen LogP contribution >= 0.6 is 62.9 Å². The van der Waals surface area contributed by atoms with E-state index in [4.69, 9.17) is 37.6 Å². The van der Waals surface area contributed by atoms with Crippen LogP contribution in [0.25, 0.3) is 10.8 Å². The van der Waals surface area contributed by atoms with Crippen molar-refractivity contribution in [2.75, 3.05) is 20.8 Å². The summed E-state index contributed by atoms with van der Waals surface area (Å²) in [5.74, 6) is -0.390. The summed E-state index contributed by atoms with van der Waals surface area (Å²) >= 11 is 17.0. The average molecular weight is 583 g/mol. The Morgan fingerprint density at radius 2 is 1.75 bits per heavy atom. The maximum atomic E-state index is 11.4. The maximum Gasteiger partial charge on any atom is 0.475 e. The molecule has 156 valence electrons. The van der Waals surface area contributed by atoms with Crippen LogP contribution in [0.3, 0.4) is 0 Å². The Kier molecular flexibility index (Phi) is 10.7. The van der Waals surface area contributed by atoms with E-state index < -0.39 is 22.0 Å². The normalized spacial score (nSPS) is 12.8. The Labute approximate surface area is 189 Å². The molecule has 0 bridgehead atoms. The number of alkyl halides is 4. The molecular formula is C16H17Br2Cl2O7P. The topological polar surface area (TPSA) is 91.3 Å². The quantitative estimate of drug-likeness (QED) is 0.304. The molecule has 0 saturated heterocycles. The molecule has 0 heterocycles. The highest BCUT2D eigenvalue weighted by Crippen LogP contribution is 2.53. The summed E-state index contributed by atoms with van der Waals surface area (Å²) in [5, 5.41) is 9.68. The molecule has 1 N–H and O–H groups in total. The zero-order valence-corrected chi connectivity index (χ0v) is 20.3. The average Bonchev–Trinajstić information content (AvgIpc) is 2.65. The van der Waals surface area contributed by atoms with Gasteiger partial charge in [0.15, 0.2) is 11.6 Å². The molecule has 2 aromatic carbocycles. The van der Waals surface area contributed by atoms with Crippen molar-refractivity contribution >= 4 is 79.6 Å². The zero-order valence-electron chi connectivity index (χ0n) is 14.7. The third kappa shape index (κ3) is 8.97. The van der Waals surface area contributed by atoms with Crippen LogP contribution < -0.4 is 4.74 Å². The number of phosphoric acid groups is 1. The molecule has 0 aromatic heterocycles. The third-order valence-corrected chi connectivity index (χ3v) is 7.49. The molecule has 2 rings (SSSR count). The van der Waals surface area contributed by atoms with Crippen molar-refractivity contribution in [1.82, 2.24) is 0 Å². The van der Waals surface area contributed by atoms with Crippen molar-refractivity contribution in [3.8, 4) is 5.75 Å². The van der Waals surface area contributed by atoms with Crippen molar-refractivity contribution in [3.05, 3.63) is 42.5 Å². The van der Waals surface area contributed by atoms with Crippen LogP contribution in [0.1, 0.15) is 0 Å². The van der Waals surface area contributed by atoms with E-state index in [1.165, 1.54) is 14.2 Å². The maximum absolute atomic E-state index is 11.4. The van der Waals surface area contributed by atoms with Gasteiger partial charge in [0, 0.05) is 14.2 Å². The molecular weight excluding hydrogens is 566 g/mol. The number of carboxylic acid groups (broad SMARTS) is 1. The molecule has 0 aliphatic rings. The molecule has 0 saturated carbocycles. The molecule has 1 unspecified atom stereocenters. The lowest BCUT2D eigenvalue weighted by Crippen LogP contribution is -2.21. The molecule has 0 amide bonds.